The van der Waals surface area contributed by atoms with Gasteiger partial charge in [0.2, 0.25) is 0 Å². The summed E-state index contributed by atoms with van der Waals surface area (Å²) < 4.78 is 38.8. The average Bonchev–Trinajstić information content (AvgIpc) is 3.06. The molecule has 1 aliphatic rings. The van der Waals surface area contributed by atoms with Gasteiger partial charge in [0, 0.05) is 25.0 Å². The Kier molecular flexibility index (Phi) is 6.95. The van der Waals surface area contributed by atoms with E-state index in [4.69, 9.17) is 0 Å². The highest BCUT2D eigenvalue weighted by Crippen LogP contribution is 2.37. The quantitative estimate of drug-likeness (QED) is 0.597. The molecule has 136 valence electrons. The molecule has 1 fully saturated rings. The first kappa shape index (κ1) is 19.1. The summed E-state index contributed by atoms with van der Waals surface area (Å²) in [7, 11) is 0. The Morgan fingerprint density at radius 3 is 2.83 bits per heavy atom. The van der Waals surface area contributed by atoms with E-state index >= 15 is 0 Å². The molecule has 24 heavy (non-hydrogen) atoms. The number of hydrogen-bond donors (Lipinski definition) is 2. The molecule has 3 atom stereocenters. The monoisotopic (exact) mass is 361 g/mol. The van der Waals surface area contributed by atoms with Gasteiger partial charge < -0.3 is 10.6 Å². The first-order valence-electron chi connectivity index (χ1n) is 8.53. The molecular weight excluding hydrogens is 335 g/mol. The van der Waals surface area contributed by atoms with Crippen LogP contribution >= 0.6 is 11.3 Å². The first-order chi connectivity index (χ1) is 11.4. The van der Waals surface area contributed by atoms with E-state index in [1.807, 2.05) is 12.3 Å². The fourth-order valence-electron chi connectivity index (χ4n) is 3.02. The van der Waals surface area contributed by atoms with Crippen LogP contribution in [0.2, 0.25) is 0 Å². The number of rotatable bonds is 5. The van der Waals surface area contributed by atoms with Crippen LogP contribution in [-0.2, 0) is 0 Å². The van der Waals surface area contributed by atoms with E-state index in [9.17, 15) is 13.2 Å². The molecule has 0 amide bonds. The Labute approximate surface area is 145 Å². The predicted molar refractivity (Wildman–Crippen MR) is 93.6 cm³/mol. The van der Waals surface area contributed by atoms with Crippen molar-refractivity contribution in [3.63, 3.8) is 0 Å². The van der Waals surface area contributed by atoms with E-state index in [2.05, 4.69) is 34.0 Å². The molecule has 0 aromatic carbocycles. The summed E-state index contributed by atoms with van der Waals surface area (Å²) >= 11 is 1.66. The van der Waals surface area contributed by atoms with Gasteiger partial charge in [-0.2, -0.15) is 24.5 Å². The van der Waals surface area contributed by atoms with Gasteiger partial charge in [-0.3, -0.25) is 4.99 Å². The van der Waals surface area contributed by atoms with Gasteiger partial charge in [0.05, 0.1) is 5.92 Å². The van der Waals surface area contributed by atoms with Gasteiger partial charge in [0.15, 0.2) is 5.96 Å². The number of nitrogens with one attached hydrogen (secondary N) is 2. The number of guanidine groups is 1. The van der Waals surface area contributed by atoms with E-state index in [0.29, 0.717) is 31.4 Å². The van der Waals surface area contributed by atoms with Gasteiger partial charge >= 0.3 is 6.18 Å². The van der Waals surface area contributed by atoms with Crippen LogP contribution in [0.25, 0.3) is 0 Å². The minimum absolute atomic E-state index is 0.133. The molecule has 1 aromatic heterocycles. The van der Waals surface area contributed by atoms with Gasteiger partial charge in [0.1, 0.15) is 0 Å². The highest BCUT2D eigenvalue weighted by atomic mass is 32.1. The maximum atomic E-state index is 12.9. The van der Waals surface area contributed by atoms with Crippen LogP contribution in [0.5, 0.6) is 0 Å². The third kappa shape index (κ3) is 5.69. The SMILES string of the molecule is CCNC(=NCC(C)c1ccsc1)NC1CCCC(C(F)(F)F)C1. The summed E-state index contributed by atoms with van der Waals surface area (Å²) in [5.41, 5.74) is 1.24. The Hall–Kier alpha value is -1.24. The lowest BCUT2D eigenvalue weighted by atomic mass is 9.85. The smallest absolute Gasteiger partial charge is 0.357 e. The summed E-state index contributed by atoms with van der Waals surface area (Å²) in [6.07, 6.45) is -2.36. The van der Waals surface area contributed by atoms with Gasteiger partial charge in [-0.05, 0) is 48.6 Å². The van der Waals surface area contributed by atoms with Crippen molar-refractivity contribution < 1.29 is 13.2 Å². The molecule has 3 nitrogen and oxygen atoms in total. The Balaban J connectivity index is 1.93. The van der Waals surface area contributed by atoms with Crippen molar-refractivity contribution in [1.29, 1.82) is 0 Å². The summed E-state index contributed by atoms with van der Waals surface area (Å²) in [4.78, 5) is 4.57. The van der Waals surface area contributed by atoms with E-state index in [1.54, 1.807) is 11.3 Å². The number of aliphatic imine (C=N–C) groups is 1. The molecule has 0 bridgehead atoms. The van der Waals surface area contributed by atoms with Crippen LogP contribution in [0.3, 0.4) is 0 Å². The van der Waals surface area contributed by atoms with Gasteiger partial charge in [-0.25, -0.2) is 0 Å². The van der Waals surface area contributed by atoms with E-state index in [-0.39, 0.29) is 18.9 Å². The Morgan fingerprint density at radius 2 is 2.21 bits per heavy atom. The molecule has 1 saturated carbocycles. The molecule has 1 aliphatic carbocycles. The topological polar surface area (TPSA) is 36.4 Å². The van der Waals surface area contributed by atoms with Crippen molar-refractivity contribution in [1.82, 2.24) is 10.6 Å². The first-order valence-corrected chi connectivity index (χ1v) is 9.48. The summed E-state index contributed by atoms with van der Waals surface area (Å²) in [5.74, 6) is -0.287. The van der Waals surface area contributed by atoms with Crippen LogP contribution in [0, 0.1) is 5.92 Å². The molecule has 1 aromatic rings. The van der Waals surface area contributed by atoms with E-state index in [0.717, 1.165) is 6.42 Å². The van der Waals surface area contributed by atoms with Crippen molar-refractivity contribution >= 4 is 17.3 Å². The summed E-state index contributed by atoms with van der Waals surface area (Å²) in [6.45, 7) is 5.36. The molecule has 2 N–H and O–H groups in total. The lowest BCUT2D eigenvalue weighted by molar-refractivity contribution is -0.183. The summed E-state index contributed by atoms with van der Waals surface area (Å²) in [6, 6.07) is 1.92. The third-order valence-electron chi connectivity index (χ3n) is 4.46. The zero-order chi connectivity index (χ0) is 17.6. The van der Waals surface area contributed by atoms with Crippen molar-refractivity contribution in [2.45, 2.75) is 57.7 Å². The lowest BCUT2D eigenvalue weighted by Gasteiger charge is -2.32. The Morgan fingerprint density at radius 1 is 1.42 bits per heavy atom. The molecule has 7 heteroatoms. The van der Waals surface area contributed by atoms with Crippen molar-refractivity contribution in [3.05, 3.63) is 22.4 Å². The second-order valence-electron chi connectivity index (χ2n) is 6.42. The lowest BCUT2D eigenvalue weighted by Crippen LogP contribution is -2.47. The van der Waals surface area contributed by atoms with E-state index < -0.39 is 12.1 Å². The number of nitrogens with zero attached hydrogens (tertiary/aromatic N) is 1. The second kappa shape index (κ2) is 8.74. The molecule has 0 saturated heterocycles. The van der Waals surface area contributed by atoms with Crippen LogP contribution in [0.4, 0.5) is 13.2 Å². The molecule has 0 radical (unpaired) electrons. The number of halogens is 3. The maximum absolute atomic E-state index is 12.9. The molecule has 0 spiro atoms. The standard InChI is InChI=1S/C17H26F3N3S/c1-3-21-16(22-10-12(2)13-7-8-24-11-13)23-15-6-4-5-14(9-15)17(18,19)20/h7-8,11-12,14-15H,3-6,9-10H2,1-2H3,(H2,21,22,23). The van der Waals surface area contributed by atoms with Gasteiger partial charge in [-0.1, -0.05) is 13.3 Å². The number of thiophene rings is 1. The maximum Gasteiger partial charge on any atom is 0.391 e. The normalized spacial score (nSPS) is 23.8. The van der Waals surface area contributed by atoms with Crippen LogP contribution in [-0.4, -0.2) is 31.3 Å². The van der Waals surface area contributed by atoms with Crippen molar-refractivity contribution in [2.24, 2.45) is 10.9 Å². The zero-order valence-electron chi connectivity index (χ0n) is 14.2. The van der Waals surface area contributed by atoms with Crippen LogP contribution in [0.15, 0.2) is 21.8 Å². The molecule has 0 aliphatic heterocycles. The third-order valence-corrected chi connectivity index (χ3v) is 5.16. The number of hydrogen-bond acceptors (Lipinski definition) is 2. The molecule has 2 rings (SSSR count). The van der Waals surface area contributed by atoms with Crippen molar-refractivity contribution in [3.8, 4) is 0 Å². The molecular formula is C17H26F3N3S. The minimum Gasteiger partial charge on any atom is -0.357 e. The molecule has 3 unspecified atom stereocenters. The van der Waals surface area contributed by atoms with E-state index in [1.165, 1.54) is 5.56 Å². The van der Waals surface area contributed by atoms with Crippen molar-refractivity contribution in [2.75, 3.05) is 13.1 Å². The fourth-order valence-corrected chi connectivity index (χ4v) is 3.80. The zero-order valence-corrected chi connectivity index (χ0v) is 15.0. The number of alkyl halides is 3. The van der Waals surface area contributed by atoms with Gasteiger partial charge in [-0.15, -0.1) is 0 Å². The van der Waals surface area contributed by atoms with Gasteiger partial charge in [0.25, 0.3) is 0 Å². The predicted octanol–water partition coefficient (Wildman–Crippen LogP) is 4.53. The highest BCUT2D eigenvalue weighted by molar-refractivity contribution is 7.07. The molecule has 1 heterocycles. The highest BCUT2D eigenvalue weighted by Gasteiger charge is 2.42. The van der Waals surface area contributed by atoms with Crippen LogP contribution in [0.1, 0.15) is 51.0 Å². The van der Waals surface area contributed by atoms with Crippen LogP contribution < -0.4 is 10.6 Å². The second-order valence-corrected chi connectivity index (χ2v) is 7.20. The largest absolute Gasteiger partial charge is 0.391 e. The Bertz CT molecular complexity index is 514. The fraction of sp³-hybridized carbons (Fsp3) is 0.706. The summed E-state index contributed by atoms with van der Waals surface area (Å²) in [5, 5.41) is 10.5. The minimum atomic E-state index is -4.09. The average molecular weight is 361 g/mol.